The topological polar surface area (TPSA) is 125 Å². The van der Waals surface area contributed by atoms with Crippen LogP contribution < -0.4 is 5.32 Å². The minimum atomic E-state index is -1.15. The molecule has 0 aliphatic carbocycles. The average Bonchev–Trinajstić information content (AvgIpc) is 2.73. The Morgan fingerprint density at radius 3 is 2.44 bits per heavy atom. The number of aliphatic carboxylic acids is 1. The van der Waals surface area contributed by atoms with Crippen molar-refractivity contribution in [1.82, 2.24) is 10.3 Å². The summed E-state index contributed by atoms with van der Waals surface area (Å²) in [6.45, 7) is 3.30. The minimum absolute atomic E-state index is 0.0476. The van der Waals surface area contributed by atoms with E-state index < -0.39 is 22.8 Å². The normalized spacial score (nSPS) is 12.2. The number of carboxylic acids is 1. The van der Waals surface area contributed by atoms with Gasteiger partial charge in [-0.2, -0.15) is 0 Å². The van der Waals surface area contributed by atoms with E-state index in [1.165, 1.54) is 6.07 Å². The van der Waals surface area contributed by atoms with Gasteiger partial charge in [-0.3, -0.25) is 4.79 Å². The lowest BCUT2D eigenvalue weighted by molar-refractivity contribution is -0.389. The molecule has 98 valence electrons. The number of rotatable bonds is 5. The quantitative estimate of drug-likeness (QED) is 0.529. The number of aromatic amines is 1. The molecule has 1 unspecified atom stereocenters. The van der Waals surface area contributed by atoms with Crippen LogP contribution in [0.1, 0.15) is 24.3 Å². The molecule has 0 aliphatic rings. The summed E-state index contributed by atoms with van der Waals surface area (Å²) in [4.78, 5) is 34.6. The number of carbonyl (C=O) groups excluding carboxylic acids is 1. The van der Waals surface area contributed by atoms with Gasteiger partial charge in [0.15, 0.2) is 5.69 Å². The molecule has 0 radical (unpaired) electrons. The molecule has 0 fully saturated rings. The largest absolute Gasteiger partial charge is 0.480 e. The Balaban J connectivity index is 2.80. The Kier molecular flexibility index (Phi) is 4.03. The Morgan fingerprint density at radius 1 is 1.44 bits per heavy atom. The van der Waals surface area contributed by atoms with E-state index in [9.17, 15) is 19.7 Å². The highest BCUT2D eigenvalue weighted by Crippen LogP contribution is 2.10. The molecule has 1 rings (SSSR count). The van der Waals surface area contributed by atoms with Crippen molar-refractivity contribution < 1.29 is 19.6 Å². The van der Waals surface area contributed by atoms with Crippen molar-refractivity contribution in [2.45, 2.75) is 19.9 Å². The van der Waals surface area contributed by atoms with E-state index in [1.54, 1.807) is 13.8 Å². The number of hydrogen-bond donors (Lipinski definition) is 3. The van der Waals surface area contributed by atoms with Crippen LogP contribution in [0.15, 0.2) is 12.1 Å². The fraction of sp³-hybridized carbons (Fsp3) is 0.400. The van der Waals surface area contributed by atoms with Crippen molar-refractivity contribution in [2.75, 3.05) is 0 Å². The average molecular weight is 255 g/mol. The van der Waals surface area contributed by atoms with Crippen LogP contribution in [0.2, 0.25) is 0 Å². The third-order valence-corrected chi connectivity index (χ3v) is 2.33. The Bertz CT molecular complexity index is 480. The number of carboxylic acid groups (broad SMARTS) is 1. The molecule has 0 bridgehead atoms. The summed E-state index contributed by atoms with van der Waals surface area (Å²) >= 11 is 0. The van der Waals surface area contributed by atoms with E-state index in [4.69, 9.17) is 5.11 Å². The summed E-state index contributed by atoms with van der Waals surface area (Å²) < 4.78 is 0. The van der Waals surface area contributed by atoms with Gasteiger partial charge in [0.05, 0.1) is 0 Å². The third-order valence-electron chi connectivity index (χ3n) is 2.33. The third kappa shape index (κ3) is 3.06. The zero-order chi connectivity index (χ0) is 13.9. The molecular weight excluding hydrogens is 242 g/mol. The van der Waals surface area contributed by atoms with Gasteiger partial charge in [0.1, 0.15) is 6.04 Å². The second-order valence-corrected chi connectivity index (χ2v) is 4.05. The van der Waals surface area contributed by atoms with E-state index >= 15 is 0 Å². The number of aromatic nitrogens is 1. The molecule has 0 saturated heterocycles. The molecular formula is C10H13N3O5. The summed E-state index contributed by atoms with van der Waals surface area (Å²) in [5.41, 5.74) is -0.0476. The number of carbonyl (C=O) groups is 2. The van der Waals surface area contributed by atoms with Gasteiger partial charge in [-0.15, -0.1) is 0 Å². The zero-order valence-corrected chi connectivity index (χ0v) is 9.84. The van der Waals surface area contributed by atoms with Gasteiger partial charge in [-0.25, -0.2) is 9.78 Å². The zero-order valence-electron chi connectivity index (χ0n) is 9.84. The molecule has 0 saturated carbocycles. The summed E-state index contributed by atoms with van der Waals surface area (Å²) in [5.74, 6) is -2.46. The fourth-order valence-corrected chi connectivity index (χ4v) is 1.36. The lowest BCUT2D eigenvalue weighted by Gasteiger charge is -2.16. The van der Waals surface area contributed by atoms with Gasteiger partial charge in [0, 0.05) is 6.07 Å². The summed E-state index contributed by atoms with van der Waals surface area (Å²) in [7, 11) is 0. The SMILES string of the molecule is CC(C)C(NC(=O)c1ccc([N+](=O)[O-])[nH]1)C(=O)O. The van der Waals surface area contributed by atoms with Crippen molar-refractivity contribution in [2.24, 2.45) is 5.92 Å². The molecule has 1 atom stereocenters. The monoisotopic (exact) mass is 255 g/mol. The highest BCUT2D eigenvalue weighted by molar-refractivity contribution is 5.95. The molecule has 8 nitrogen and oxygen atoms in total. The highest BCUT2D eigenvalue weighted by Gasteiger charge is 2.26. The predicted octanol–water partition coefficient (Wildman–Crippen LogP) is 0.762. The standard InChI is InChI=1S/C10H13N3O5/c1-5(2)8(10(15)16)12-9(14)6-3-4-7(11-6)13(17)18/h3-5,8,11H,1-2H3,(H,12,14)(H,15,16). The first-order valence-corrected chi connectivity index (χ1v) is 5.20. The second kappa shape index (κ2) is 5.30. The smallest absolute Gasteiger partial charge is 0.326 e. The molecule has 0 spiro atoms. The fourth-order valence-electron chi connectivity index (χ4n) is 1.36. The summed E-state index contributed by atoms with van der Waals surface area (Å²) in [6.07, 6.45) is 0. The molecule has 0 aromatic carbocycles. The molecule has 3 N–H and O–H groups in total. The van der Waals surface area contributed by atoms with Gasteiger partial charge in [-0.1, -0.05) is 13.8 Å². The number of H-pyrrole nitrogens is 1. The predicted molar refractivity (Wildman–Crippen MR) is 61.2 cm³/mol. The van der Waals surface area contributed by atoms with Crippen LogP contribution in [0, 0.1) is 16.0 Å². The lowest BCUT2D eigenvalue weighted by Crippen LogP contribution is -2.44. The Labute approximate surface area is 102 Å². The first-order chi connectivity index (χ1) is 8.32. The van der Waals surface area contributed by atoms with E-state index in [0.29, 0.717) is 0 Å². The number of hydrogen-bond acceptors (Lipinski definition) is 4. The first-order valence-electron chi connectivity index (χ1n) is 5.20. The van der Waals surface area contributed by atoms with Crippen LogP contribution in [-0.2, 0) is 4.79 Å². The second-order valence-electron chi connectivity index (χ2n) is 4.05. The van der Waals surface area contributed by atoms with Crippen LogP contribution >= 0.6 is 0 Å². The van der Waals surface area contributed by atoms with E-state index in [0.717, 1.165) is 6.07 Å². The molecule has 8 heteroatoms. The Hall–Kier alpha value is -2.38. The summed E-state index contributed by atoms with van der Waals surface area (Å²) in [5, 5.41) is 21.6. The molecule has 1 heterocycles. The maximum Gasteiger partial charge on any atom is 0.326 e. The van der Waals surface area contributed by atoms with E-state index in [-0.39, 0.29) is 17.4 Å². The first kappa shape index (κ1) is 13.7. The van der Waals surface area contributed by atoms with Crippen molar-refractivity contribution >= 4 is 17.7 Å². The highest BCUT2D eigenvalue weighted by atomic mass is 16.6. The van der Waals surface area contributed by atoms with Crippen LogP contribution in [0.25, 0.3) is 0 Å². The van der Waals surface area contributed by atoms with Crippen molar-refractivity contribution in [3.63, 3.8) is 0 Å². The van der Waals surface area contributed by atoms with Crippen LogP contribution in [0.4, 0.5) is 5.82 Å². The van der Waals surface area contributed by atoms with Crippen molar-refractivity contribution in [3.05, 3.63) is 27.9 Å². The molecule has 1 aromatic heterocycles. The maximum atomic E-state index is 11.7. The molecule has 1 aromatic rings. The molecule has 18 heavy (non-hydrogen) atoms. The maximum absolute atomic E-state index is 11.7. The molecule has 1 amide bonds. The van der Waals surface area contributed by atoms with Crippen LogP contribution in [-0.4, -0.2) is 32.9 Å². The molecule has 0 aliphatic heterocycles. The van der Waals surface area contributed by atoms with Crippen molar-refractivity contribution in [3.8, 4) is 0 Å². The summed E-state index contributed by atoms with van der Waals surface area (Å²) in [6, 6.07) is 1.33. The number of nitro groups is 1. The van der Waals surface area contributed by atoms with Gasteiger partial charge < -0.3 is 20.5 Å². The van der Waals surface area contributed by atoms with E-state index in [1.807, 2.05) is 0 Å². The Morgan fingerprint density at radius 2 is 2.06 bits per heavy atom. The van der Waals surface area contributed by atoms with Gasteiger partial charge in [-0.05, 0) is 16.9 Å². The minimum Gasteiger partial charge on any atom is -0.480 e. The number of nitrogens with one attached hydrogen (secondary N) is 2. The van der Waals surface area contributed by atoms with Crippen molar-refractivity contribution in [1.29, 1.82) is 0 Å². The van der Waals surface area contributed by atoms with Crippen LogP contribution in [0.3, 0.4) is 0 Å². The lowest BCUT2D eigenvalue weighted by atomic mass is 10.0. The van der Waals surface area contributed by atoms with Crippen LogP contribution in [0.5, 0.6) is 0 Å². The van der Waals surface area contributed by atoms with Gasteiger partial charge >= 0.3 is 11.8 Å². The number of nitrogens with zero attached hydrogens (tertiary/aromatic N) is 1. The van der Waals surface area contributed by atoms with Gasteiger partial charge in [0.2, 0.25) is 0 Å². The van der Waals surface area contributed by atoms with E-state index in [2.05, 4.69) is 10.3 Å². The van der Waals surface area contributed by atoms with Gasteiger partial charge in [0.25, 0.3) is 5.91 Å². The number of amides is 1.